The van der Waals surface area contributed by atoms with E-state index in [2.05, 4.69) is 18.5 Å². The second-order valence-electron chi connectivity index (χ2n) is 14.2. The van der Waals surface area contributed by atoms with E-state index in [1.807, 2.05) is 32.0 Å². The maximum atomic E-state index is 14.3. The third-order valence-corrected chi connectivity index (χ3v) is 11.2. The van der Waals surface area contributed by atoms with E-state index in [1.54, 1.807) is 55.5 Å². The van der Waals surface area contributed by atoms with Crippen molar-refractivity contribution in [1.29, 1.82) is 0 Å². The van der Waals surface area contributed by atoms with Gasteiger partial charge >= 0.3 is 12.1 Å². The molecular formula is C38H46ClNO8S. The topological polar surface area (TPSA) is 125 Å². The Morgan fingerprint density at radius 1 is 1.20 bits per heavy atom. The Balaban J connectivity index is 1.39. The quantitative estimate of drug-likeness (QED) is 0.152. The normalized spacial score (nSPS) is 29.4. The number of carbonyl (C=O) groups excluding carboxylic acids is 3. The number of thiazole rings is 1. The third kappa shape index (κ3) is 8.89. The molecule has 0 unspecified atom stereocenters. The van der Waals surface area contributed by atoms with Crippen molar-refractivity contribution in [3.63, 3.8) is 0 Å². The number of aliphatic hydroxyl groups is 1. The summed E-state index contributed by atoms with van der Waals surface area (Å²) in [6.45, 7) is 13.0. The number of aryl methyl sites for hydroxylation is 1. The SMILES string of the molecule is C=CC[C@H]1C(=O)C(C)(C)[C@@H](O)CC(=O)O[C@H](c2ccc3sc(C)nc3c2)C[C@@H]2O[C@]2(C)CCC[C@H](C)[C@@H]1OC(=O)OCc1cccc(Cl)c1. The minimum atomic E-state index is -1.39. The van der Waals surface area contributed by atoms with Crippen LogP contribution in [0.1, 0.15) is 88.5 Å². The Morgan fingerprint density at radius 3 is 2.71 bits per heavy atom. The molecule has 2 aromatic carbocycles. The zero-order valence-corrected chi connectivity index (χ0v) is 30.4. The van der Waals surface area contributed by atoms with Crippen LogP contribution in [-0.2, 0) is 35.1 Å². The van der Waals surface area contributed by atoms with E-state index in [-0.39, 0.29) is 30.8 Å². The predicted molar refractivity (Wildman–Crippen MR) is 188 cm³/mol. The van der Waals surface area contributed by atoms with E-state index in [0.717, 1.165) is 33.6 Å². The number of ether oxygens (including phenoxy) is 4. The van der Waals surface area contributed by atoms with Crippen LogP contribution in [0.2, 0.25) is 5.02 Å². The first-order chi connectivity index (χ1) is 23.2. The Kier molecular flexibility index (Phi) is 11.5. The average Bonchev–Trinajstić information content (AvgIpc) is 3.51. The molecule has 0 radical (unpaired) electrons. The molecule has 0 bridgehead atoms. The summed E-state index contributed by atoms with van der Waals surface area (Å²) in [7, 11) is 0. The molecule has 5 rings (SSSR count). The van der Waals surface area contributed by atoms with Gasteiger partial charge in [-0.15, -0.1) is 17.9 Å². The lowest BCUT2D eigenvalue weighted by Crippen LogP contribution is -2.47. The molecule has 9 nitrogen and oxygen atoms in total. The number of nitrogens with zero attached hydrogens (tertiary/aromatic N) is 1. The van der Waals surface area contributed by atoms with Crippen LogP contribution < -0.4 is 0 Å². The molecule has 1 aromatic heterocycles. The molecule has 264 valence electrons. The third-order valence-electron chi connectivity index (χ3n) is 9.98. The summed E-state index contributed by atoms with van der Waals surface area (Å²) in [5.41, 5.74) is 0.519. The highest BCUT2D eigenvalue weighted by atomic mass is 35.5. The van der Waals surface area contributed by atoms with Gasteiger partial charge in [0.2, 0.25) is 0 Å². The summed E-state index contributed by atoms with van der Waals surface area (Å²) >= 11 is 7.68. The first kappa shape index (κ1) is 37.0. The lowest BCUT2D eigenvalue weighted by molar-refractivity contribution is -0.156. The van der Waals surface area contributed by atoms with Gasteiger partial charge in [-0.25, -0.2) is 9.78 Å². The first-order valence-electron chi connectivity index (χ1n) is 16.9. The molecule has 2 aliphatic heterocycles. The fourth-order valence-electron chi connectivity index (χ4n) is 6.79. The fraction of sp³-hybridized carbons (Fsp3) is 0.526. The predicted octanol–water partition coefficient (Wildman–Crippen LogP) is 8.47. The van der Waals surface area contributed by atoms with Crippen LogP contribution in [-0.4, -0.2) is 51.9 Å². The number of hydrogen-bond acceptors (Lipinski definition) is 10. The van der Waals surface area contributed by atoms with Gasteiger partial charge in [0, 0.05) is 11.4 Å². The summed E-state index contributed by atoms with van der Waals surface area (Å²) in [6, 6.07) is 12.8. The van der Waals surface area contributed by atoms with Gasteiger partial charge in [-0.2, -0.15) is 0 Å². The summed E-state index contributed by atoms with van der Waals surface area (Å²) in [5.74, 6) is -2.08. The number of halogens is 1. The minimum Gasteiger partial charge on any atom is -0.457 e. The number of rotatable bonds is 6. The molecule has 2 aliphatic rings. The summed E-state index contributed by atoms with van der Waals surface area (Å²) in [4.78, 5) is 45.5. The van der Waals surface area contributed by atoms with Crippen molar-refractivity contribution in [3.8, 4) is 0 Å². The molecule has 0 spiro atoms. The molecule has 7 atom stereocenters. The number of hydrogen-bond donors (Lipinski definition) is 1. The second kappa shape index (κ2) is 15.3. The molecule has 11 heteroatoms. The molecule has 3 heterocycles. The number of epoxide rings is 1. The van der Waals surface area contributed by atoms with Gasteiger partial charge in [-0.1, -0.05) is 63.1 Å². The van der Waals surface area contributed by atoms with E-state index in [0.29, 0.717) is 23.4 Å². The smallest absolute Gasteiger partial charge is 0.457 e. The van der Waals surface area contributed by atoms with Crippen molar-refractivity contribution in [1.82, 2.24) is 4.98 Å². The van der Waals surface area contributed by atoms with Gasteiger partial charge in [0.25, 0.3) is 0 Å². The Bertz CT molecular complexity index is 1690. The molecule has 2 fully saturated rings. The second-order valence-corrected chi connectivity index (χ2v) is 15.8. The Labute approximate surface area is 296 Å². The van der Waals surface area contributed by atoms with Crippen LogP contribution in [0.5, 0.6) is 0 Å². The zero-order chi connectivity index (χ0) is 35.5. The van der Waals surface area contributed by atoms with Gasteiger partial charge in [-0.05, 0) is 74.4 Å². The van der Waals surface area contributed by atoms with Crippen molar-refractivity contribution >= 4 is 51.1 Å². The largest absolute Gasteiger partial charge is 0.508 e. The number of aromatic nitrogens is 1. The van der Waals surface area contributed by atoms with Crippen LogP contribution in [0.3, 0.4) is 0 Å². The molecule has 2 saturated heterocycles. The molecule has 0 aliphatic carbocycles. The number of benzene rings is 2. The number of ketones is 1. The maximum absolute atomic E-state index is 14.3. The molecule has 0 saturated carbocycles. The van der Waals surface area contributed by atoms with Crippen molar-refractivity contribution in [2.75, 3.05) is 0 Å². The Hall–Kier alpha value is -3.31. The number of carbonyl (C=O) groups is 3. The van der Waals surface area contributed by atoms with E-state index in [1.165, 1.54) is 0 Å². The van der Waals surface area contributed by atoms with Crippen molar-refractivity contribution in [2.45, 2.75) is 110 Å². The van der Waals surface area contributed by atoms with Crippen LogP contribution in [0.4, 0.5) is 4.79 Å². The number of Topliss-reactive ketones (excluding diaryl/α,β-unsaturated/α-hetero) is 1. The number of aliphatic hydroxyl groups excluding tert-OH is 1. The first-order valence-corrected chi connectivity index (χ1v) is 18.0. The van der Waals surface area contributed by atoms with Crippen LogP contribution in [0.25, 0.3) is 10.2 Å². The van der Waals surface area contributed by atoms with Gasteiger partial charge < -0.3 is 24.1 Å². The molecular weight excluding hydrogens is 666 g/mol. The maximum Gasteiger partial charge on any atom is 0.508 e. The van der Waals surface area contributed by atoms with Gasteiger partial charge in [0.15, 0.2) is 0 Å². The van der Waals surface area contributed by atoms with E-state index < -0.39 is 53.8 Å². The van der Waals surface area contributed by atoms with Gasteiger partial charge in [0.1, 0.15) is 24.6 Å². The van der Waals surface area contributed by atoms with E-state index in [9.17, 15) is 19.5 Å². The molecule has 3 aromatic rings. The standard InChI is InChI=1S/C38H46ClNO8S/c1-7-10-27-34(47-36(44)45-21-24-12-8-13-26(39)17-24)22(2)11-9-16-38(6)32(48-38)19-29(25-14-15-30-28(18-25)40-23(3)49-30)46-33(42)20-31(41)37(4,5)35(27)43/h7-8,12-15,17-18,22,27,29,31-32,34,41H,1,9-11,16,19-21H2,2-6H3/t22-,27+,29-,31-,32-,34-,38+/m0/s1. The minimum absolute atomic E-state index is 0.0533. The lowest BCUT2D eigenvalue weighted by atomic mass is 9.71. The summed E-state index contributed by atoms with van der Waals surface area (Å²) in [5, 5.41) is 12.9. The number of esters is 1. The number of cyclic esters (lactones) is 1. The number of fused-ring (bicyclic) bond motifs is 2. The van der Waals surface area contributed by atoms with Crippen LogP contribution in [0.15, 0.2) is 55.1 Å². The van der Waals surface area contributed by atoms with Crippen molar-refractivity contribution in [3.05, 3.63) is 76.3 Å². The summed E-state index contributed by atoms with van der Waals surface area (Å²) in [6.07, 6.45) is 0.0162. The van der Waals surface area contributed by atoms with E-state index in [4.69, 9.17) is 30.5 Å². The van der Waals surface area contributed by atoms with Crippen LogP contribution >= 0.6 is 22.9 Å². The fourth-order valence-corrected chi connectivity index (χ4v) is 7.82. The highest BCUT2D eigenvalue weighted by Crippen LogP contribution is 2.47. The molecule has 1 N–H and O–H groups in total. The van der Waals surface area contributed by atoms with E-state index >= 15 is 0 Å². The zero-order valence-electron chi connectivity index (χ0n) is 28.8. The average molecular weight is 712 g/mol. The monoisotopic (exact) mass is 711 g/mol. The van der Waals surface area contributed by atoms with Crippen LogP contribution in [0, 0.1) is 24.2 Å². The number of allylic oxidation sites excluding steroid dienone is 1. The van der Waals surface area contributed by atoms with Crippen molar-refractivity contribution < 1.29 is 38.4 Å². The lowest BCUT2D eigenvalue weighted by Gasteiger charge is -2.37. The molecule has 0 amide bonds. The Morgan fingerprint density at radius 2 is 1.98 bits per heavy atom. The van der Waals surface area contributed by atoms with Gasteiger partial charge in [-0.3, -0.25) is 9.59 Å². The molecule has 49 heavy (non-hydrogen) atoms. The highest BCUT2D eigenvalue weighted by molar-refractivity contribution is 7.18. The van der Waals surface area contributed by atoms with Gasteiger partial charge in [0.05, 0.1) is 50.8 Å². The summed E-state index contributed by atoms with van der Waals surface area (Å²) < 4.78 is 24.7. The highest BCUT2D eigenvalue weighted by Gasteiger charge is 2.53. The van der Waals surface area contributed by atoms with Crippen molar-refractivity contribution in [2.24, 2.45) is 17.3 Å².